The van der Waals surface area contributed by atoms with Crippen molar-refractivity contribution < 1.29 is 17.9 Å². The van der Waals surface area contributed by atoms with Gasteiger partial charge in [0.05, 0.1) is 7.11 Å². The molecule has 3 rings (SSSR count). The van der Waals surface area contributed by atoms with Gasteiger partial charge in [0.1, 0.15) is 9.96 Å². The Bertz CT molecular complexity index is 1110. The zero-order valence-corrected chi connectivity index (χ0v) is 18.2. The molecule has 4 N–H and O–H groups in total. The molecule has 156 valence electrons. The first kappa shape index (κ1) is 21.6. The van der Waals surface area contributed by atoms with Crippen LogP contribution >= 0.6 is 23.6 Å². The quantitative estimate of drug-likeness (QED) is 0.329. The molecule has 0 saturated heterocycles. The molecule has 0 atom stereocenters. The van der Waals surface area contributed by atoms with Gasteiger partial charge in [0.25, 0.3) is 15.9 Å². The first-order valence-corrected chi connectivity index (χ1v) is 11.3. The molecule has 0 saturated carbocycles. The number of hydrogen-bond donors (Lipinski definition) is 4. The molecule has 0 aliphatic rings. The minimum atomic E-state index is -3.64. The maximum Gasteiger partial charge on any atom is 0.271 e. The smallest absolute Gasteiger partial charge is 0.271 e. The van der Waals surface area contributed by atoms with Crippen LogP contribution in [0.15, 0.2) is 70.3 Å². The summed E-state index contributed by atoms with van der Waals surface area (Å²) < 4.78 is 32.2. The Balaban J connectivity index is 1.52. The number of carbonyl (C=O) groups excluding carboxylic acids is 1. The monoisotopic (exact) mass is 462 g/mol. The highest BCUT2D eigenvalue weighted by Crippen LogP contribution is 2.20. The van der Waals surface area contributed by atoms with Gasteiger partial charge in [-0.25, -0.2) is 8.42 Å². The number of amides is 1. The molecular formula is C19H18N4O4S3. The van der Waals surface area contributed by atoms with E-state index in [1.165, 1.54) is 30.3 Å². The Morgan fingerprint density at radius 1 is 0.967 bits per heavy atom. The number of methoxy groups -OCH3 is 1. The number of thiophene rings is 1. The number of carbonyl (C=O) groups is 1. The maximum atomic E-state index is 12.3. The van der Waals surface area contributed by atoms with E-state index in [-0.39, 0.29) is 9.32 Å². The molecular weight excluding hydrogens is 444 g/mol. The van der Waals surface area contributed by atoms with Gasteiger partial charge in [-0.3, -0.25) is 20.4 Å². The predicted molar refractivity (Wildman–Crippen MR) is 121 cm³/mol. The molecule has 0 aliphatic carbocycles. The van der Waals surface area contributed by atoms with Gasteiger partial charge in [-0.15, -0.1) is 11.3 Å². The summed E-state index contributed by atoms with van der Waals surface area (Å²) in [6.07, 6.45) is 0. The second-order valence-electron chi connectivity index (χ2n) is 5.88. The van der Waals surface area contributed by atoms with Crippen molar-refractivity contribution in [2.24, 2.45) is 0 Å². The second kappa shape index (κ2) is 9.57. The lowest BCUT2D eigenvalue weighted by atomic mass is 10.2. The van der Waals surface area contributed by atoms with Crippen LogP contribution < -0.4 is 25.6 Å². The minimum absolute atomic E-state index is 0.203. The van der Waals surface area contributed by atoms with Gasteiger partial charge in [-0.1, -0.05) is 6.07 Å². The van der Waals surface area contributed by atoms with Crippen molar-refractivity contribution in [2.45, 2.75) is 4.21 Å². The molecule has 11 heteroatoms. The van der Waals surface area contributed by atoms with Crippen LogP contribution in [-0.4, -0.2) is 26.5 Å². The van der Waals surface area contributed by atoms with E-state index in [0.717, 1.165) is 17.0 Å². The summed E-state index contributed by atoms with van der Waals surface area (Å²) in [4.78, 5) is 12.3. The predicted octanol–water partition coefficient (Wildman–Crippen LogP) is 3.19. The molecule has 1 heterocycles. The molecule has 0 spiro atoms. The number of benzene rings is 2. The fraction of sp³-hybridized carbons (Fsp3) is 0.0526. The van der Waals surface area contributed by atoms with Crippen LogP contribution in [0.4, 0.5) is 11.4 Å². The van der Waals surface area contributed by atoms with Crippen LogP contribution in [-0.2, 0) is 10.0 Å². The van der Waals surface area contributed by atoms with Gasteiger partial charge in [0.2, 0.25) is 0 Å². The molecule has 0 radical (unpaired) electrons. The highest BCUT2D eigenvalue weighted by atomic mass is 32.2. The van der Waals surface area contributed by atoms with Crippen LogP contribution in [0.25, 0.3) is 0 Å². The number of ether oxygens (including phenoxy) is 1. The summed E-state index contributed by atoms with van der Waals surface area (Å²) in [5.74, 6) is 0.287. The van der Waals surface area contributed by atoms with Gasteiger partial charge in [-0.2, -0.15) is 0 Å². The third kappa shape index (κ3) is 5.69. The van der Waals surface area contributed by atoms with E-state index in [1.807, 2.05) is 0 Å². The van der Waals surface area contributed by atoms with Gasteiger partial charge >= 0.3 is 0 Å². The normalized spacial score (nSPS) is 10.7. The van der Waals surface area contributed by atoms with Gasteiger partial charge in [-0.05, 0) is 72.2 Å². The van der Waals surface area contributed by atoms with Crippen molar-refractivity contribution in [3.05, 3.63) is 71.6 Å². The number of hydrogen-bond acceptors (Lipinski definition) is 6. The topological polar surface area (TPSA) is 109 Å². The van der Waals surface area contributed by atoms with Crippen LogP contribution in [0.1, 0.15) is 10.4 Å². The van der Waals surface area contributed by atoms with Crippen LogP contribution in [0.2, 0.25) is 0 Å². The van der Waals surface area contributed by atoms with Crippen molar-refractivity contribution in [2.75, 3.05) is 17.1 Å². The van der Waals surface area contributed by atoms with Crippen molar-refractivity contribution in [1.82, 2.24) is 10.9 Å². The molecule has 0 fully saturated rings. The third-order valence-corrected chi connectivity index (χ3v) is 6.78. The van der Waals surface area contributed by atoms with E-state index in [0.29, 0.717) is 17.0 Å². The highest BCUT2D eigenvalue weighted by molar-refractivity contribution is 7.94. The minimum Gasteiger partial charge on any atom is -0.497 e. The second-order valence-corrected chi connectivity index (χ2v) is 9.14. The Kier molecular flexibility index (Phi) is 6.87. The van der Waals surface area contributed by atoms with Crippen LogP contribution in [0.3, 0.4) is 0 Å². The molecule has 30 heavy (non-hydrogen) atoms. The standard InChI is InChI=1S/C19H18N4O4S3/c1-27-16-10-8-14(9-11-16)20-19(28)22-21-18(24)13-4-6-15(7-5-13)23-30(25,26)17-3-2-12-29-17/h2-12,23H,1H3,(H,21,24)(H2,20,22,28). The first-order chi connectivity index (χ1) is 14.4. The summed E-state index contributed by atoms with van der Waals surface area (Å²) >= 11 is 6.26. The lowest BCUT2D eigenvalue weighted by Gasteiger charge is -2.12. The Labute approximate surface area is 183 Å². The maximum absolute atomic E-state index is 12.3. The number of anilines is 2. The summed E-state index contributed by atoms with van der Waals surface area (Å²) in [6, 6.07) is 16.3. The lowest BCUT2D eigenvalue weighted by molar-refractivity contribution is 0.0944. The van der Waals surface area contributed by atoms with Crippen LogP contribution in [0, 0.1) is 0 Å². The van der Waals surface area contributed by atoms with Crippen molar-refractivity contribution in [3.8, 4) is 5.75 Å². The van der Waals surface area contributed by atoms with Crippen LogP contribution in [0.5, 0.6) is 5.75 Å². The molecule has 8 nitrogen and oxygen atoms in total. The van der Waals surface area contributed by atoms with Gasteiger partial charge in [0, 0.05) is 16.9 Å². The number of thiocarbonyl (C=S) groups is 1. The summed E-state index contributed by atoms with van der Waals surface area (Å²) in [7, 11) is -2.06. The SMILES string of the molecule is COc1ccc(NC(=S)NNC(=O)c2ccc(NS(=O)(=O)c3cccs3)cc2)cc1. The summed E-state index contributed by atoms with van der Waals surface area (Å²) in [5, 5.41) is 4.81. The number of sulfonamides is 1. The zero-order chi connectivity index (χ0) is 21.6. The zero-order valence-electron chi connectivity index (χ0n) is 15.7. The van der Waals surface area contributed by atoms with Gasteiger partial charge < -0.3 is 10.1 Å². The summed E-state index contributed by atoms with van der Waals surface area (Å²) in [6.45, 7) is 0. The molecule has 0 bridgehead atoms. The summed E-state index contributed by atoms with van der Waals surface area (Å²) in [5.41, 5.74) is 6.49. The van der Waals surface area contributed by atoms with E-state index in [2.05, 4.69) is 20.9 Å². The lowest BCUT2D eigenvalue weighted by Crippen LogP contribution is -2.43. The third-order valence-electron chi connectivity index (χ3n) is 3.80. The molecule has 3 aromatic rings. The number of nitrogens with one attached hydrogen (secondary N) is 4. The highest BCUT2D eigenvalue weighted by Gasteiger charge is 2.15. The average molecular weight is 463 g/mol. The van der Waals surface area contributed by atoms with E-state index >= 15 is 0 Å². The van der Waals surface area contributed by atoms with Crippen molar-refractivity contribution in [3.63, 3.8) is 0 Å². The fourth-order valence-corrected chi connectivity index (χ4v) is 4.55. The molecule has 0 unspecified atom stereocenters. The average Bonchev–Trinajstić information content (AvgIpc) is 3.29. The van der Waals surface area contributed by atoms with E-state index < -0.39 is 15.9 Å². The fourth-order valence-electron chi connectivity index (χ4n) is 2.33. The Morgan fingerprint density at radius 2 is 1.63 bits per heavy atom. The van der Waals surface area contributed by atoms with Crippen molar-refractivity contribution in [1.29, 1.82) is 0 Å². The molecule has 1 amide bonds. The number of hydrazine groups is 1. The van der Waals surface area contributed by atoms with Gasteiger partial charge in [0.15, 0.2) is 5.11 Å². The first-order valence-electron chi connectivity index (χ1n) is 8.55. The molecule has 0 aliphatic heterocycles. The van der Waals surface area contributed by atoms with E-state index in [1.54, 1.807) is 42.8 Å². The van der Waals surface area contributed by atoms with Crippen molar-refractivity contribution >= 4 is 56.0 Å². The molecule has 2 aromatic carbocycles. The Hall–Kier alpha value is -3.15. The number of rotatable bonds is 6. The van der Waals surface area contributed by atoms with E-state index in [4.69, 9.17) is 17.0 Å². The largest absolute Gasteiger partial charge is 0.497 e. The molecule has 1 aromatic heterocycles. The Morgan fingerprint density at radius 3 is 2.23 bits per heavy atom. The van der Waals surface area contributed by atoms with E-state index in [9.17, 15) is 13.2 Å².